The number of anilines is 1. The molecule has 0 saturated carbocycles. The van der Waals surface area contributed by atoms with Gasteiger partial charge in [-0.2, -0.15) is 0 Å². The van der Waals surface area contributed by atoms with E-state index in [1.807, 2.05) is 24.3 Å². The van der Waals surface area contributed by atoms with Gasteiger partial charge in [-0.15, -0.1) is 24.0 Å². The maximum Gasteiger partial charge on any atom is 0.193 e. The fourth-order valence-electron chi connectivity index (χ4n) is 2.22. The van der Waals surface area contributed by atoms with Crippen LogP contribution in [-0.2, 0) is 6.42 Å². The van der Waals surface area contributed by atoms with E-state index in [1.165, 1.54) is 23.8 Å². The highest BCUT2D eigenvalue weighted by molar-refractivity contribution is 14.0. The molecule has 0 aliphatic heterocycles. The summed E-state index contributed by atoms with van der Waals surface area (Å²) in [7, 11) is 0. The summed E-state index contributed by atoms with van der Waals surface area (Å²) in [6.07, 6.45) is 0.160. The molecule has 3 N–H and O–H groups in total. The van der Waals surface area contributed by atoms with Gasteiger partial charge in [0, 0.05) is 17.8 Å². The lowest BCUT2D eigenvalue weighted by molar-refractivity contribution is 0.556. The SMILES string of the molecule is CC(C)c1cccc(NC(N)=NCCc2c(F)cccc2F)c1.I. The number of nitrogens with zero attached hydrogens (tertiary/aromatic N) is 1. The number of hydrogen-bond acceptors (Lipinski definition) is 1. The predicted molar refractivity (Wildman–Crippen MR) is 106 cm³/mol. The second-order valence-electron chi connectivity index (χ2n) is 5.62. The highest BCUT2D eigenvalue weighted by atomic mass is 127. The Balaban J connectivity index is 0.00000288. The van der Waals surface area contributed by atoms with Crippen LogP contribution in [0.5, 0.6) is 0 Å². The van der Waals surface area contributed by atoms with Crippen molar-refractivity contribution < 1.29 is 8.78 Å². The highest BCUT2D eigenvalue weighted by Crippen LogP contribution is 2.18. The van der Waals surface area contributed by atoms with Gasteiger partial charge in [-0.3, -0.25) is 4.99 Å². The van der Waals surface area contributed by atoms with E-state index in [2.05, 4.69) is 24.2 Å². The van der Waals surface area contributed by atoms with Gasteiger partial charge < -0.3 is 11.1 Å². The molecule has 0 heterocycles. The molecule has 0 aromatic heterocycles. The van der Waals surface area contributed by atoms with Crippen molar-refractivity contribution in [3.8, 4) is 0 Å². The molecule has 0 aliphatic carbocycles. The van der Waals surface area contributed by atoms with E-state index in [1.54, 1.807) is 0 Å². The van der Waals surface area contributed by atoms with E-state index in [-0.39, 0.29) is 48.5 Å². The highest BCUT2D eigenvalue weighted by Gasteiger charge is 2.07. The molecule has 0 amide bonds. The van der Waals surface area contributed by atoms with Crippen molar-refractivity contribution in [1.82, 2.24) is 0 Å². The molecule has 2 aromatic carbocycles. The van der Waals surface area contributed by atoms with Gasteiger partial charge in [-0.05, 0) is 42.2 Å². The first-order chi connectivity index (χ1) is 11.0. The lowest BCUT2D eigenvalue weighted by Gasteiger charge is -2.10. The first-order valence-electron chi connectivity index (χ1n) is 7.57. The number of guanidine groups is 1. The summed E-state index contributed by atoms with van der Waals surface area (Å²) in [5, 5.41) is 2.99. The van der Waals surface area contributed by atoms with Gasteiger partial charge in [0.15, 0.2) is 5.96 Å². The molecule has 0 unspecified atom stereocenters. The molecular formula is C18H22F2IN3. The van der Waals surface area contributed by atoms with Crippen LogP contribution in [0.2, 0.25) is 0 Å². The lowest BCUT2D eigenvalue weighted by Crippen LogP contribution is -2.23. The second-order valence-corrected chi connectivity index (χ2v) is 5.62. The largest absolute Gasteiger partial charge is 0.370 e. The Morgan fingerprint density at radius 3 is 2.38 bits per heavy atom. The smallest absolute Gasteiger partial charge is 0.193 e. The van der Waals surface area contributed by atoms with Crippen LogP contribution in [0.1, 0.15) is 30.9 Å². The molecule has 24 heavy (non-hydrogen) atoms. The zero-order valence-corrected chi connectivity index (χ0v) is 16.1. The van der Waals surface area contributed by atoms with Crippen molar-refractivity contribution in [1.29, 1.82) is 0 Å². The Labute approximate surface area is 158 Å². The lowest BCUT2D eigenvalue weighted by atomic mass is 10.0. The molecule has 3 nitrogen and oxygen atoms in total. The van der Waals surface area contributed by atoms with Gasteiger partial charge in [0.2, 0.25) is 0 Å². The van der Waals surface area contributed by atoms with Crippen molar-refractivity contribution in [2.75, 3.05) is 11.9 Å². The summed E-state index contributed by atoms with van der Waals surface area (Å²) < 4.78 is 27.0. The van der Waals surface area contributed by atoms with Gasteiger partial charge in [0.1, 0.15) is 11.6 Å². The quantitative estimate of drug-likeness (QED) is 0.399. The summed E-state index contributed by atoms with van der Waals surface area (Å²) in [6.45, 7) is 4.43. The molecule has 6 heteroatoms. The number of aliphatic imine (C=N–C) groups is 1. The Morgan fingerprint density at radius 2 is 1.75 bits per heavy atom. The molecule has 0 spiro atoms. The molecule has 0 aliphatic rings. The van der Waals surface area contributed by atoms with E-state index in [0.717, 1.165) is 5.69 Å². The van der Waals surface area contributed by atoms with Crippen LogP contribution in [0.15, 0.2) is 47.5 Å². The topological polar surface area (TPSA) is 50.4 Å². The average Bonchev–Trinajstić information content (AvgIpc) is 2.50. The van der Waals surface area contributed by atoms with Gasteiger partial charge >= 0.3 is 0 Å². The molecule has 2 rings (SSSR count). The van der Waals surface area contributed by atoms with Gasteiger partial charge in [-0.1, -0.05) is 32.0 Å². The number of benzene rings is 2. The summed E-state index contributed by atoms with van der Waals surface area (Å²) in [6, 6.07) is 11.7. The number of nitrogens with two attached hydrogens (primary N) is 1. The molecule has 0 saturated heterocycles. The standard InChI is InChI=1S/C18H21F2N3.HI/c1-12(2)13-5-3-6-14(11-13)23-18(21)22-10-9-15-16(19)7-4-8-17(15)20;/h3-8,11-12H,9-10H2,1-2H3,(H3,21,22,23);1H. The molecule has 2 aromatic rings. The monoisotopic (exact) mass is 445 g/mol. The summed E-state index contributed by atoms with van der Waals surface area (Å²) in [4.78, 5) is 4.12. The molecule has 0 bridgehead atoms. The van der Waals surface area contributed by atoms with Crippen molar-refractivity contribution in [2.45, 2.75) is 26.2 Å². The first-order valence-corrected chi connectivity index (χ1v) is 7.57. The zero-order chi connectivity index (χ0) is 16.8. The fourth-order valence-corrected chi connectivity index (χ4v) is 2.22. The minimum atomic E-state index is -0.559. The van der Waals surface area contributed by atoms with Crippen molar-refractivity contribution in [3.63, 3.8) is 0 Å². The van der Waals surface area contributed by atoms with Crippen molar-refractivity contribution in [3.05, 3.63) is 65.2 Å². The summed E-state index contributed by atoms with van der Waals surface area (Å²) in [5.41, 5.74) is 7.89. The van der Waals surface area contributed by atoms with E-state index in [0.29, 0.717) is 5.92 Å². The van der Waals surface area contributed by atoms with Crippen molar-refractivity contribution in [2.24, 2.45) is 10.7 Å². The van der Waals surface area contributed by atoms with Crippen LogP contribution >= 0.6 is 24.0 Å². The van der Waals surface area contributed by atoms with Gasteiger partial charge in [-0.25, -0.2) is 8.78 Å². The normalized spacial score (nSPS) is 11.3. The van der Waals surface area contributed by atoms with Crippen LogP contribution in [0.25, 0.3) is 0 Å². The van der Waals surface area contributed by atoms with Crippen LogP contribution in [0.4, 0.5) is 14.5 Å². The third-order valence-electron chi connectivity index (χ3n) is 3.53. The van der Waals surface area contributed by atoms with Crippen molar-refractivity contribution >= 4 is 35.6 Å². The number of hydrogen-bond donors (Lipinski definition) is 2. The Kier molecular flexibility index (Phi) is 8.10. The molecule has 0 fully saturated rings. The van der Waals surface area contributed by atoms with E-state index < -0.39 is 11.6 Å². The predicted octanol–water partition coefficient (Wildman–Crippen LogP) is 4.68. The number of nitrogens with one attached hydrogen (secondary N) is 1. The van der Waals surface area contributed by atoms with Crippen LogP contribution < -0.4 is 11.1 Å². The average molecular weight is 445 g/mol. The Morgan fingerprint density at radius 1 is 1.12 bits per heavy atom. The van der Waals surface area contributed by atoms with Crippen LogP contribution in [-0.4, -0.2) is 12.5 Å². The summed E-state index contributed by atoms with van der Waals surface area (Å²) >= 11 is 0. The molecule has 130 valence electrons. The van der Waals surface area contributed by atoms with E-state index in [4.69, 9.17) is 5.73 Å². The number of halogens is 3. The maximum atomic E-state index is 13.5. The third-order valence-corrected chi connectivity index (χ3v) is 3.53. The third kappa shape index (κ3) is 5.74. The van der Waals surface area contributed by atoms with E-state index >= 15 is 0 Å². The first kappa shape index (κ1) is 20.3. The minimum Gasteiger partial charge on any atom is -0.370 e. The van der Waals surface area contributed by atoms with Gasteiger partial charge in [0.25, 0.3) is 0 Å². The fraction of sp³-hybridized carbons (Fsp3) is 0.278. The minimum absolute atomic E-state index is 0. The van der Waals surface area contributed by atoms with E-state index in [9.17, 15) is 8.78 Å². The Bertz CT molecular complexity index is 682. The van der Waals surface area contributed by atoms with Gasteiger partial charge in [0.05, 0.1) is 0 Å². The number of rotatable bonds is 5. The molecular weight excluding hydrogens is 423 g/mol. The maximum absolute atomic E-state index is 13.5. The zero-order valence-electron chi connectivity index (χ0n) is 13.7. The molecule has 0 radical (unpaired) electrons. The Hall–Kier alpha value is -1.70. The van der Waals surface area contributed by atoms with Crippen LogP contribution in [0.3, 0.4) is 0 Å². The second kappa shape index (κ2) is 9.56. The summed E-state index contributed by atoms with van der Waals surface area (Å²) in [5.74, 6) is -0.477. The van der Waals surface area contributed by atoms with Crippen LogP contribution in [0, 0.1) is 11.6 Å². The molecule has 0 atom stereocenters.